The molecule has 0 radical (unpaired) electrons. The number of hydrogen-bond acceptors (Lipinski definition) is 3. The zero-order valence-corrected chi connectivity index (χ0v) is 6.97. The van der Waals surface area contributed by atoms with Gasteiger partial charge in [0.15, 0.2) is 0 Å². The first-order valence-corrected chi connectivity index (χ1v) is 3.86. The van der Waals surface area contributed by atoms with Gasteiger partial charge >= 0.3 is 7.12 Å². The Labute approximate surface area is 76.4 Å². The minimum absolute atomic E-state index is 0.440. The normalized spacial score (nSPS) is 9.38. The fraction of sp³-hybridized carbons (Fsp3) is 0.125. The lowest BCUT2D eigenvalue weighted by atomic mass is 9.80. The van der Waals surface area contributed by atoms with Crippen molar-refractivity contribution in [3.8, 4) is 0 Å². The Balaban J connectivity index is 2.64. The van der Waals surface area contributed by atoms with E-state index in [-0.39, 0.29) is 0 Å². The molecule has 1 amide bonds. The van der Waals surface area contributed by atoms with Gasteiger partial charge in [-0.3, -0.25) is 4.79 Å². The number of carbonyl (C=O) groups excluding carboxylic acids is 1. The fourth-order valence-corrected chi connectivity index (χ4v) is 0.967. The Morgan fingerprint density at radius 2 is 1.92 bits per heavy atom. The lowest BCUT2D eigenvalue weighted by Gasteiger charge is -2.02. The van der Waals surface area contributed by atoms with Crippen LogP contribution in [0, 0.1) is 0 Å². The monoisotopic (exact) mass is 179 g/mol. The predicted molar refractivity (Wildman–Crippen MR) is 49.2 cm³/mol. The molecule has 0 aliphatic carbocycles. The van der Waals surface area contributed by atoms with Crippen molar-refractivity contribution in [2.75, 3.05) is 0 Å². The smallest absolute Gasteiger partial charge is 0.423 e. The SMILES string of the molecule is O=CNCc1ccc(B(O)O)cc1. The minimum atomic E-state index is -1.44. The lowest BCUT2D eigenvalue weighted by Crippen LogP contribution is -2.29. The zero-order chi connectivity index (χ0) is 9.68. The van der Waals surface area contributed by atoms with Gasteiger partial charge in [-0.05, 0) is 11.0 Å². The maximum absolute atomic E-state index is 9.96. The highest BCUT2D eigenvalue weighted by molar-refractivity contribution is 6.58. The first-order chi connectivity index (χ1) is 6.24. The molecule has 0 spiro atoms. The summed E-state index contributed by atoms with van der Waals surface area (Å²) in [4.78, 5) is 9.96. The van der Waals surface area contributed by atoms with Crippen LogP contribution in [0.1, 0.15) is 5.56 Å². The van der Waals surface area contributed by atoms with Crippen LogP contribution >= 0.6 is 0 Å². The molecule has 13 heavy (non-hydrogen) atoms. The van der Waals surface area contributed by atoms with Crippen molar-refractivity contribution < 1.29 is 14.8 Å². The zero-order valence-electron chi connectivity index (χ0n) is 6.97. The lowest BCUT2D eigenvalue weighted by molar-refractivity contribution is -0.109. The number of hydrogen-bond donors (Lipinski definition) is 3. The molecule has 0 atom stereocenters. The van der Waals surface area contributed by atoms with Gasteiger partial charge in [0, 0.05) is 6.54 Å². The molecule has 0 saturated heterocycles. The van der Waals surface area contributed by atoms with Gasteiger partial charge in [-0.1, -0.05) is 24.3 Å². The summed E-state index contributed by atoms with van der Waals surface area (Å²) in [5, 5.41) is 20.1. The van der Waals surface area contributed by atoms with E-state index in [0.717, 1.165) is 5.56 Å². The first-order valence-electron chi connectivity index (χ1n) is 3.86. The number of nitrogens with one attached hydrogen (secondary N) is 1. The highest BCUT2D eigenvalue weighted by atomic mass is 16.4. The molecular weight excluding hydrogens is 169 g/mol. The summed E-state index contributed by atoms with van der Waals surface area (Å²) >= 11 is 0. The van der Waals surface area contributed by atoms with Crippen molar-refractivity contribution in [3.63, 3.8) is 0 Å². The Morgan fingerprint density at radius 1 is 1.31 bits per heavy atom. The summed E-state index contributed by atoms with van der Waals surface area (Å²) < 4.78 is 0. The Kier molecular flexibility index (Phi) is 3.48. The molecule has 0 fully saturated rings. The first kappa shape index (κ1) is 9.76. The molecule has 1 aromatic rings. The summed E-state index contributed by atoms with van der Waals surface area (Å²) in [6.45, 7) is 0.450. The van der Waals surface area contributed by atoms with Crippen molar-refractivity contribution >= 4 is 19.0 Å². The van der Waals surface area contributed by atoms with Crippen molar-refractivity contribution in [1.82, 2.24) is 5.32 Å². The van der Waals surface area contributed by atoms with Gasteiger partial charge in [0.1, 0.15) is 0 Å². The number of benzene rings is 1. The van der Waals surface area contributed by atoms with Crippen molar-refractivity contribution in [2.45, 2.75) is 6.54 Å². The van der Waals surface area contributed by atoms with Crippen molar-refractivity contribution in [3.05, 3.63) is 29.8 Å². The van der Waals surface area contributed by atoms with E-state index in [9.17, 15) is 4.79 Å². The van der Waals surface area contributed by atoms with Gasteiger partial charge in [-0.2, -0.15) is 0 Å². The van der Waals surface area contributed by atoms with E-state index in [4.69, 9.17) is 10.0 Å². The third-order valence-corrected chi connectivity index (χ3v) is 1.67. The molecule has 68 valence electrons. The molecule has 0 aliphatic rings. The predicted octanol–water partition coefficient (Wildman–Crippen LogP) is -1.39. The van der Waals surface area contributed by atoms with Gasteiger partial charge in [0.05, 0.1) is 0 Å². The van der Waals surface area contributed by atoms with Crippen LogP contribution in [0.3, 0.4) is 0 Å². The number of rotatable bonds is 4. The largest absolute Gasteiger partial charge is 0.488 e. The molecule has 4 nitrogen and oxygen atoms in total. The van der Waals surface area contributed by atoms with Crippen LogP contribution in [-0.2, 0) is 11.3 Å². The second-order valence-electron chi connectivity index (χ2n) is 2.61. The topological polar surface area (TPSA) is 69.6 Å². The summed E-state index contributed by atoms with van der Waals surface area (Å²) in [7, 11) is -1.44. The standard InChI is InChI=1S/C8H10BNO3/c11-6-10-5-7-1-3-8(4-2-7)9(12)13/h1-4,6,12-13H,5H2,(H,10,11). The van der Waals surface area contributed by atoms with E-state index in [0.29, 0.717) is 18.4 Å². The Morgan fingerprint density at radius 3 is 2.38 bits per heavy atom. The second kappa shape index (κ2) is 4.64. The van der Waals surface area contributed by atoms with Crippen molar-refractivity contribution in [1.29, 1.82) is 0 Å². The Bertz CT molecular complexity index is 273. The minimum Gasteiger partial charge on any atom is -0.423 e. The van der Waals surface area contributed by atoms with Crippen molar-refractivity contribution in [2.24, 2.45) is 0 Å². The van der Waals surface area contributed by atoms with E-state index in [1.807, 2.05) is 0 Å². The van der Waals surface area contributed by atoms with E-state index < -0.39 is 7.12 Å². The van der Waals surface area contributed by atoms with Crippen LogP contribution in [0.15, 0.2) is 24.3 Å². The number of amides is 1. The third-order valence-electron chi connectivity index (χ3n) is 1.67. The average Bonchev–Trinajstić information content (AvgIpc) is 2.15. The van der Waals surface area contributed by atoms with Gasteiger partial charge < -0.3 is 15.4 Å². The van der Waals surface area contributed by atoms with Crippen LogP contribution < -0.4 is 10.8 Å². The molecule has 0 unspecified atom stereocenters. The van der Waals surface area contributed by atoms with Crippen LogP contribution in [0.5, 0.6) is 0 Å². The summed E-state index contributed by atoms with van der Waals surface area (Å²) in [6.07, 6.45) is 0.620. The molecule has 0 bridgehead atoms. The maximum atomic E-state index is 9.96. The van der Waals surface area contributed by atoms with Gasteiger partial charge in [0.25, 0.3) is 0 Å². The van der Waals surface area contributed by atoms with E-state index in [2.05, 4.69) is 5.32 Å². The van der Waals surface area contributed by atoms with E-state index >= 15 is 0 Å². The van der Waals surface area contributed by atoms with Crippen LogP contribution in [0.4, 0.5) is 0 Å². The molecule has 1 rings (SSSR count). The van der Waals surface area contributed by atoms with E-state index in [1.54, 1.807) is 24.3 Å². The Hall–Kier alpha value is -1.33. The van der Waals surface area contributed by atoms with Gasteiger partial charge in [-0.25, -0.2) is 0 Å². The molecule has 3 N–H and O–H groups in total. The molecule has 1 aromatic carbocycles. The quantitative estimate of drug-likeness (QED) is 0.393. The third kappa shape index (κ3) is 2.89. The summed E-state index contributed by atoms with van der Waals surface area (Å²) in [5.74, 6) is 0. The average molecular weight is 179 g/mol. The maximum Gasteiger partial charge on any atom is 0.488 e. The molecule has 0 saturated carbocycles. The molecule has 5 heteroatoms. The second-order valence-corrected chi connectivity index (χ2v) is 2.61. The molecular formula is C8H10BNO3. The summed E-state index contributed by atoms with van der Waals surface area (Å²) in [5.41, 5.74) is 1.35. The number of carbonyl (C=O) groups is 1. The highest BCUT2D eigenvalue weighted by Gasteiger charge is 2.09. The fourth-order valence-electron chi connectivity index (χ4n) is 0.967. The van der Waals surface area contributed by atoms with E-state index in [1.165, 1.54) is 0 Å². The van der Waals surface area contributed by atoms with Crippen LogP contribution in [0.2, 0.25) is 0 Å². The van der Waals surface area contributed by atoms with Crippen LogP contribution in [0.25, 0.3) is 0 Å². The highest BCUT2D eigenvalue weighted by Crippen LogP contribution is 1.95. The molecule has 0 heterocycles. The van der Waals surface area contributed by atoms with Crippen LogP contribution in [-0.4, -0.2) is 23.6 Å². The summed E-state index contributed by atoms with van der Waals surface area (Å²) in [6, 6.07) is 6.66. The van der Waals surface area contributed by atoms with Gasteiger partial charge in [0.2, 0.25) is 6.41 Å². The van der Waals surface area contributed by atoms with Gasteiger partial charge in [-0.15, -0.1) is 0 Å². The molecule has 0 aromatic heterocycles. The molecule has 0 aliphatic heterocycles.